The van der Waals surface area contributed by atoms with Gasteiger partial charge in [-0.15, -0.1) is 0 Å². The standard InChI is InChI=1S/C22H23FN4O5/c23-18-11-14(5-6-19(18)26-7-9-31-10-8-26)27-13-15(32-22(27)30)12-25-21(29)17-4-2-1-3-16(17)20(24)28/h1-6,11,15H,7-10,12-13H2,(H2,24,28)(H,25,29)/t15-/m0/s1. The lowest BCUT2D eigenvalue weighted by molar-refractivity contribution is 0.0906. The summed E-state index contributed by atoms with van der Waals surface area (Å²) in [4.78, 5) is 39.5. The molecule has 2 fully saturated rings. The summed E-state index contributed by atoms with van der Waals surface area (Å²) < 4.78 is 25.3. The van der Waals surface area contributed by atoms with E-state index >= 15 is 0 Å². The van der Waals surface area contributed by atoms with E-state index in [0.717, 1.165) is 0 Å². The van der Waals surface area contributed by atoms with Crippen molar-refractivity contribution in [2.24, 2.45) is 5.73 Å². The van der Waals surface area contributed by atoms with Crippen LogP contribution in [-0.2, 0) is 9.47 Å². The number of primary amides is 1. The van der Waals surface area contributed by atoms with Crippen LogP contribution in [0.3, 0.4) is 0 Å². The first-order valence-corrected chi connectivity index (χ1v) is 10.2. The molecule has 0 bridgehead atoms. The number of carbonyl (C=O) groups excluding carboxylic acids is 3. The highest BCUT2D eigenvalue weighted by Gasteiger charge is 2.33. The molecule has 0 radical (unpaired) electrons. The Labute approximate surface area is 183 Å². The van der Waals surface area contributed by atoms with Crippen LogP contribution in [0.2, 0.25) is 0 Å². The summed E-state index contributed by atoms with van der Waals surface area (Å²) in [6.07, 6.45) is -1.26. The molecule has 3 N–H and O–H groups in total. The molecule has 168 valence electrons. The second kappa shape index (κ2) is 9.23. The maximum Gasteiger partial charge on any atom is 0.414 e. The number of cyclic esters (lactones) is 1. The second-order valence-electron chi connectivity index (χ2n) is 7.47. The molecule has 2 aromatic rings. The van der Waals surface area contributed by atoms with Crippen molar-refractivity contribution in [1.82, 2.24) is 5.32 Å². The summed E-state index contributed by atoms with van der Waals surface area (Å²) in [5.41, 5.74) is 6.38. The van der Waals surface area contributed by atoms with Gasteiger partial charge < -0.3 is 25.4 Å². The number of nitrogens with zero attached hydrogens (tertiary/aromatic N) is 2. The van der Waals surface area contributed by atoms with E-state index in [-0.39, 0.29) is 24.2 Å². The van der Waals surface area contributed by atoms with Gasteiger partial charge in [0.25, 0.3) is 5.91 Å². The predicted octanol–water partition coefficient (Wildman–Crippen LogP) is 1.52. The van der Waals surface area contributed by atoms with E-state index in [1.54, 1.807) is 24.3 Å². The zero-order chi connectivity index (χ0) is 22.7. The molecule has 10 heteroatoms. The zero-order valence-electron chi connectivity index (χ0n) is 17.3. The molecule has 3 amide bonds. The molecule has 2 aliphatic rings. The van der Waals surface area contributed by atoms with Crippen LogP contribution in [-0.4, -0.2) is 63.4 Å². The van der Waals surface area contributed by atoms with Gasteiger partial charge in [0.2, 0.25) is 5.91 Å². The normalized spacial score (nSPS) is 18.4. The number of amides is 3. The monoisotopic (exact) mass is 442 g/mol. The van der Waals surface area contributed by atoms with Gasteiger partial charge in [-0.3, -0.25) is 14.5 Å². The third kappa shape index (κ3) is 4.50. The Balaban J connectivity index is 1.39. The predicted molar refractivity (Wildman–Crippen MR) is 114 cm³/mol. The molecule has 0 unspecified atom stereocenters. The largest absolute Gasteiger partial charge is 0.442 e. The van der Waals surface area contributed by atoms with E-state index in [2.05, 4.69) is 5.32 Å². The molecule has 2 heterocycles. The van der Waals surface area contributed by atoms with Crippen LogP contribution in [0.4, 0.5) is 20.6 Å². The van der Waals surface area contributed by atoms with Gasteiger partial charge in [-0.25, -0.2) is 9.18 Å². The second-order valence-corrected chi connectivity index (χ2v) is 7.47. The van der Waals surface area contributed by atoms with Gasteiger partial charge in [0.1, 0.15) is 11.9 Å². The topological polar surface area (TPSA) is 114 Å². The summed E-state index contributed by atoms with van der Waals surface area (Å²) in [6, 6.07) is 10.8. The molecule has 0 spiro atoms. The van der Waals surface area contributed by atoms with E-state index in [1.165, 1.54) is 23.1 Å². The lowest BCUT2D eigenvalue weighted by atomic mass is 10.1. The number of hydrogen-bond acceptors (Lipinski definition) is 6. The molecule has 0 aliphatic carbocycles. The number of anilines is 2. The maximum atomic E-state index is 14.7. The number of hydrogen-bond donors (Lipinski definition) is 2. The van der Waals surface area contributed by atoms with E-state index in [9.17, 15) is 18.8 Å². The Morgan fingerprint density at radius 1 is 1.12 bits per heavy atom. The minimum atomic E-state index is -0.711. The summed E-state index contributed by atoms with van der Waals surface area (Å²) in [7, 11) is 0. The molecule has 0 aromatic heterocycles. The molecule has 9 nitrogen and oxygen atoms in total. The van der Waals surface area contributed by atoms with Gasteiger partial charge in [-0.1, -0.05) is 12.1 Å². The average Bonchev–Trinajstić information content (AvgIpc) is 3.18. The molecule has 0 saturated carbocycles. The molecule has 2 aliphatic heterocycles. The number of morpholine rings is 1. The number of nitrogens with two attached hydrogens (primary N) is 1. The molecular formula is C22H23FN4O5. The lowest BCUT2D eigenvalue weighted by Crippen LogP contribution is -2.37. The molecule has 2 saturated heterocycles. The first-order valence-electron chi connectivity index (χ1n) is 10.2. The van der Waals surface area contributed by atoms with Crippen LogP contribution in [0.15, 0.2) is 42.5 Å². The van der Waals surface area contributed by atoms with Crippen molar-refractivity contribution in [3.63, 3.8) is 0 Å². The van der Waals surface area contributed by atoms with Gasteiger partial charge in [0, 0.05) is 13.1 Å². The fourth-order valence-corrected chi connectivity index (χ4v) is 3.76. The van der Waals surface area contributed by atoms with Gasteiger partial charge in [0.15, 0.2) is 0 Å². The number of rotatable bonds is 6. The maximum absolute atomic E-state index is 14.7. The molecule has 4 rings (SSSR count). The van der Waals surface area contributed by atoms with Gasteiger partial charge in [-0.2, -0.15) is 0 Å². The molecule has 32 heavy (non-hydrogen) atoms. The minimum absolute atomic E-state index is 0.0303. The van der Waals surface area contributed by atoms with Crippen molar-refractivity contribution in [3.8, 4) is 0 Å². The fraction of sp³-hybridized carbons (Fsp3) is 0.318. The fourth-order valence-electron chi connectivity index (χ4n) is 3.76. The highest BCUT2D eigenvalue weighted by atomic mass is 19.1. The third-order valence-corrected chi connectivity index (χ3v) is 5.40. The number of halogens is 1. The first-order chi connectivity index (χ1) is 15.4. The van der Waals surface area contributed by atoms with Crippen LogP contribution >= 0.6 is 0 Å². The Morgan fingerprint density at radius 3 is 2.53 bits per heavy atom. The van der Waals surface area contributed by atoms with Gasteiger partial charge in [-0.05, 0) is 30.3 Å². The van der Waals surface area contributed by atoms with Crippen molar-refractivity contribution in [2.75, 3.05) is 49.2 Å². The number of ether oxygens (including phenoxy) is 2. The lowest BCUT2D eigenvalue weighted by Gasteiger charge is -2.29. The van der Waals surface area contributed by atoms with Crippen molar-refractivity contribution in [3.05, 3.63) is 59.4 Å². The van der Waals surface area contributed by atoms with Crippen LogP contribution in [0, 0.1) is 5.82 Å². The van der Waals surface area contributed by atoms with E-state index in [4.69, 9.17) is 15.2 Å². The van der Waals surface area contributed by atoms with Crippen molar-refractivity contribution in [2.45, 2.75) is 6.10 Å². The quantitative estimate of drug-likeness (QED) is 0.701. The van der Waals surface area contributed by atoms with Crippen LogP contribution in [0.1, 0.15) is 20.7 Å². The van der Waals surface area contributed by atoms with Crippen molar-refractivity contribution in [1.29, 1.82) is 0 Å². The van der Waals surface area contributed by atoms with Crippen LogP contribution < -0.4 is 20.9 Å². The van der Waals surface area contributed by atoms with Gasteiger partial charge in [0.05, 0.1) is 48.8 Å². The summed E-state index contributed by atoms with van der Waals surface area (Å²) in [5, 5.41) is 2.65. The van der Waals surface area contributed by atoms with Crippen molar-refractivity contribution >= 4 is 29.3 Å². The summed E-state index contributed by atoms with van der Waals surface area (Å²) >= 11 is 0. The third-order valence-electron chi connectivity index (χ3n) is 5.40. The van der Waals surface area contributed by atoms with E-state index in [1.807, 2.05) is 4.90 Å². The molecule has 2 aromatic carbocycles. The first kappa shape index (κ1) is 21.6. The van der Waals surface area contributed by atoms with E-state index in [0.29, 0.717) is 37.7 Å². The average molecular weight is 442 g/mol. The Kier molecular flexibility index (Phi) is 6.22. The summed E-state index contributed by atoms with van der Waals surface area (Å²) in [6.45, 7) is 2.45. The van der Waals surface area contributed by atoms with Crippen molar-refractivity contribution < 1.29 is 28.2 Å². The Hall–Kier alpha value is -3.66. The van der Waals surface area contributed by atoms with Gasteiger partial charge >= 0.3 is 6.09 Å². The van der Waals surface area contributed by atoms with E-state index < -0.39 is 29.8 Å². The number of carbonyl (C=O) groups is 3. The minimum Gasteiger partial charge on any atom is -0.442 e. The highest BCUT2D eigenvalue weighted by molar-refractivity contribution is 6.06. The number of nitrogens with one attached hydrogen (secondary N) is 1. The highest BCUT2D eigenvalue weighted by Crippen LogP contribution is 2.28. The Morgan fingerprint density at radius 2 is 1.84 bits per heavy atom. The number of benzene rings is 2. The smallest absolute Gasteiger partial charge is 0.414 e. The summed E-state index contributed by atoms with van der Waals surface area (Å²) in [5.74, 6) is -1.65. The SMILES string of the molecule is NC(=O)c1ccccc1C(=O)NC[C@H]1CN(c2ccc(N3CCOCC3)c(F)c2)C(=O)O1. The zero-order valence-corrected chi connectivity index (χ0v) is 17.3. The Bertz CT molecular complexity index is 1040. The molecular weight excluding hydrogens is 419 g/mol. The van der Waals surface area contributed by atoms with Crippen LogP contribution in [0.5, 0.6) is 0 Å². The molecule has 1 atom stereocenters. The van der Waals surface area contributed by atoms with Crippen LogP contribution in [0.25, 0.3) is 0 Å².